The Hall–Kier alpha value is -2.08. The van der Waals surface area contributed by atoms with E-state index in [0.717, 1.165) is 5.56 Å². The fourth-order valence-electron chi connectivity index (χ4n) is 1.28. The first-order valence-corrected chi connectivity index (χ1v) is 5.39. The van der Waals surface area contributed by atoms with Gasteiger partial charge >= 0.3 is 12.1 Å². The van der Waals surface area contributed by atoms with E-state index in [-0.39, 0.29) is 6.61 Å². The third kappa shape index (κ3) is 4.42. The minimum atomic E-state index is -1.38. The maximum Gasteiger partial charge on any atom is 0.408 e. The number of rotatable bonds is 5. The molecule has 1 aromatic rings. The molecule has 0 radical (unpaired) electrons. The van der Waals surface area contributed by atoms with Gasteiger partial charge in [0, 0.05) is 0 Å². The average Bonchev–Trinajstić information content (AvgIpc) is 2.34. The summed E-state index contributed by atoms with van der Waals surface area (Å²) in [6, 6.07) is 7.59. The summed E-state index contributed by atoms with van der Waals surface area (Å²) in [5, 5.41) is 20.0. The van der Waals surface area contributed by atoms with E-state index in [9.17, 15) is 9.59 Å². The summed E-state index contributed by atoms with van der Waals surface area (Å²) >= 11 is 0. The number of nitrogens with one attached hydrogen (secondary N) is 1. The molecule has 0 fully saturated rings. The molecule has 0 bridgehead atoms. The molecule has 0 aliphatic rings. The Kier molecular flexibility index (Phi) is 5.13. The number of carboxylic acids is 1. The number of carbonyl (C=O) groups excluding carboxylic acids is 1. The van der Waals surface area contributed by atoms with Gasteiger partial charge in [-0.25, -0.2) is 9.59 Å². The number of benzene rings is 1. The van der Waals surface area contributed by atoms with Gasteiger partial charge in [0.15, 0.2) is 6.04 Å². The maximum atomic E-state index is 11.3. The fraction of sp³-hybridized carbons (Fsp3) is 0.333. The maximum absolute atomic E-state index is 11.3. The Morgan fingerprint density at radius 2 is 1.94 bits per heavy atom. The SMILES string of the molecule is C[C@H](O)C(NC(=O)OCc1ccccc1)C(=O)O. The van der Waals surface area contributed by atoms with Crippen LogP contribution in [0.5, 0.6) is 0 Å². The van der Waals surface area contributed by atoms with Crippen LogP contribution in [0.1, 0.15) is 12.5 Å². The molecule has 0 saturated carbocycles. The van der Waals surface area contributed by atoms with Crippen molar-refractivity contribution in [2.75, 3.05) is 0 Å². The number of ether oxygens (including phenoxy) is 1. The predicted molar refractivity (Wildman–Crippen MR) is 62.9 cm³/mol. The molecule has 0 aliphatic carbocycles. The van der Waals surface area contributed by atoms with Gasteiger partial charge in [-0.15, -0.1) is 0 Å². The van der Waals surface area contributed by atoms with Crippen molar-refractivity contribution in [3.8, 4) is 0 Å². The molecule has 1 amide bonds. The molecule has 3 N–H and O–H groups in total. The molecule has 98 valence electrons. The standard InChI is InChI=1S/C12H15NO5/c1-8(14)10(11(15)16)13-12(17)18-7-9-5-3-2-4-6-9/h2-6,8,10,14H,7H2,1H3,(H,13,17)(H,15,16)/t8-,10?/m0/s1. The van der Waals surface area contributed by atoms with E-state index in [1.54, 1.807) is 24.3 Å². The number of carboxylic acid groups (broad SMARTS) is 1. The number of carbonyl (C=O) groups is 2. The highest BCUT2D eigenvalue weighted by Crippen LogP contribution is 2.01. The molecule has 0 saturated heterocycles. The zero-order valence-electron chi connectivity index (χ0n) is 9.87. The van der Waals surface area contributed by atoms with E-state index in [1.807, 2.05) is 6.07 Å². The molecule has 1 aromatic carbocycles. The molecule has 18 heavy (non-hydrogen) atoms. The number of alkyl carbamates (subject to hydrolysis) is 1. The van der Waals surface area contributed by atoms with Crippen LogP contribution in [-0.2, 0) is 16.1 Å². The van der Waals surface area contributed by atoms with Crippen LogP contribution in [0, 0.1) is 0 Å². The van der Waals surface area contributed by atoms with Crippen LogP contribution in [0.15, 0.2) is 30.3 Å². The monoisotopic (exact) mass is 253 g/mol. The van der Waals surface area contributed by atoms with Crippen molar-refractivity contribution in [2.45, 2.75) is 25.7 Å². The Morgan fingerprint density at radius 1 is 1.33 bits per heavy atom. The van der Waals surface area contributed by atoms with E-state index in [1.165, 1.54) is 6.92 Å². The minimum absolute atomic E-state index is 0.0405. The van der Waals surface area contributed by atoms with E-state index >= 15 is 0 Å². The van der Waals surface area contributed by atoms with Crippen LogP contribution >= 0.6 is 0 Å². The molecule has 2 atom stereocenters. The second-order valence-corrected chi connectivity index (χ2v) is 3.76. The molecule has 6 nitrogen and oxygen atoms in total. The number of aliphatic carboxylic acids is 1. The number of aliphatic hydroxyl groups excluding tert-OH is 1. The molecule has 0 aliphatic heterocycles. The first-order valence-electron chi connectivity index (χ1n) is 5.39. The third-order valence-electron chi connectivity index (χ3n) is 2.23. The molecule has 6 heteroatoms. The Balaban J connectivity index is 2.44. The zero-order chi connectivity index (χ0) is 13.5. The Morgan fingerprint density at radius 3 is 2.44 bits per heavy atom. The molecular formula is C12H15NO5. The largest absolute Gasteiger partial charge is 0.480 e. The number of hydrogen-bond donors (Lipinski definition) is 3. The first kappa shape index (κ1) is 14.0. The first-order chi connectivity index (χ1) is 8.50. The highest BCUT2D eigenvalue weighted by molar-refractivity contribution is 5.80. The molecule has 1 unspecified atom stereocenters. The van der Waals surface area contributed by atoms with Gasteiger partial charge in [0.25, 0.3) is 0 Å². The summed E-state index contributed by atoms with van der Waals surface area (Å²) in [4.78, 5) is 22.0. The minimum Gasteiger partial charge on any atom is -0.480 e. The quantitative estimate of drug-likeness (QED) is 0.719. The zero-order valence-corrected chi connectivity index (χ0v) is 9.87. The summed E-state index contributed by atoms with van der Waals surface area (Å²) in [7, 11) is 0. The van der Waals surface area contributed by atoms with Crippen molar-refractivity contribution < 1.29 is 24.5 Å². The lowest BCUT2D eigenvalue weighted by Gasteiger charge is -2.16. The van der Waals surface area contributed by atoms with Crippen molar-refractivity contribution in [1.82, 2.24) is 5.32 Å². The van der Waals surface area contributed by atoms with Crippen molar-refractivity contribution >= 4 is 12.1 Å². The number of hydrogen-bond acceptors (Lipinski definition) is 4. The second kappa shape index (κ2) is 6.61. The van der Waals surface area contributed by atoms with E-state index < -0.39 is 24.2 Å². The molecule has 1 rings (SSSR count). The predicted octanol–water partition coefficient (Wildman–Crippen LogP) is 0.747. The normalized spacial score (nSPS) is 13.4. The van der Waals surface area contributed by atoms with Crippen LogP contribution in [0.3, 0.4) is 0 Å². The lowest BCUT2D eigenvalue weighted by molar-refractivity contribution is -0.142. The van der Waals surface area contributed by atoms with Crippen LogP contribution in [0.25, 0.3) is 0 Å². The van der Waals surface area contributed by atoms with Crippen molar-refractivity contribution in [1.29, 1.82) is 0 Å². The average molecular weight is 253 g/mol. The van der Waals surface area contributed by atoms with Crippen LogP contribution in [-0.4, -0.2) is 34.4 Å². The number of aliphatic hydroxyl groups is 1. The summed E-state index contributed by atoms with van der Waals surface area (Å²) in [5.41, 5.74) is 0.788. The molecular weight excluding hydrogens is 238 g/mol. The van der Waals surface area contributed by atoms with E-state index in [4.69, 9.17) is 14.9 Å². The van der Waals surface area contributed by atoms with Gasteiger partial charge in [-0.3, -0.25) is 0 Å². The lowest BCUT2D eigenvalue weighted by Crippen LogP contribution is -2.47. The van der Waals surface area contributed by atoms with Gasteiger partial charge in [0.2, 0.25) is 0 Å². The van der Waals surface area contributed by atoms with E-state index in [2.05, 4.69) is 5.32 Å². The van der Waals surface area contributed by atoms with Crippen LogP contribution in [0.2, 0.25) is 0 Å². The third-order valence-corrected chi connectivity index (χ3v) is 2.23. The highest BCUT2D eigenvalue weighted by atomic mass is 16.5. The summed E-state index contributed by atoms with van der Waals surface area (Å²) in [6.45, 7) is 1.31. The van der Waals surface area contributed by atoms with E-state index in [0.29, 0.717) is 0 Å². The molecule has 0 aromatic heterocycles. The summed E-state index contributed by atoms with van der Waals surface area (Å²) in [5.74, 6) is -1.32. The van der Waals surface area contributed by atoms with Crippen molar-refractivity contribution in [2.24, 2.45) is 0 Å². The van der Waals surface area contributed by atoms with Crippen LogP contribution in [0.4, 0.5) is 4.79 Å². The molecule has 0 spiro atoms. The fourth-order valence-corrected chi connectivity index (χ4v) is 1.28. The smallest absolute Gasteiger partial charge is 0.408 e. The highest BCUT2D eigenvalue weighted by Gasteiger charge is 2.25. The van der Waals surface area contributed by atoms with Gasteiger partial charge in [0.05, 0.1) is 6.10 Å². The van der Waals surface area contributed by atoms with Gasteiger partial charge < -0.3 is 20.3 Å². The summed E-state index contributed by atoms with van der Waals surface area (Å²) < 4.78 is 4.83. The Bertz CT molecular complexity index is 404. The topological polar surface area (TPSA) is 95.9 Å². The Labute approximate surface area is 104 Å². The molecule has 0 heterocycles. The van der Waals surface area contributed by atoms with Gasteiger partial charge in [-0.1, -0.05) is 30.3 Å². The van der Waals surface area contributed by atoms with Crippen molar-refractivity contribution in [3.05, 3.63) is 35.9 Å². The van der Waals surface area contributed by atoms with Gasteiger partial charge in [-0.2, -0.15) is 0 Å². The van der Waals surface area contributed by atoms with Crippen LogP contribution < -0.4 is 5.32 Å². The lowest BCUT2D eigenvalue weighted by atomic mass is 10.2. The second-order valence-electron chi connectivity index (χ2n) is 3.76. The van der Waals surface area contributed by atoms with Gasteiger partial charge in [0.1, 0.15) is 6.61 Å². The van der Waals surface area contributed by atoms with Gasteiger partial charge in [-0.05, 0) is 12.5 Å². The number of amides is 1. The van der Waals surface area contributed by atoms with Crippen molar-refractivity contribution in [3.63, 3.8) is 0 Å². The summed E-state index contributed by atoms with van der Waals surface area (Å²) in [6.07, 6.45) is -2.08.